The maximum Gasteiger partial charge on any atom is 0.156 e. The molecule has 0 unspecified atom stereocenters. The molecule has 4 nitrogen and oxygen atoms in total. The van der Waals surface area contributed by atoms with Gasteiger partial charge in [0.05, 0.1) is 22.9 Å². The molecule has 0 spiro atoms. The Kier molecular flexibility index (Phi) is 4.25. The van der Waals surface area contributed by atoms with Crippen LogP contribution in [0.1, 0.15) is 26.5 Å². The first kappa shape index (κ1) is 15.1. The smallest absolute Gasteiger partial charge is 0.156 e. The minimum absolute atomic E-state index is 0.00635. The number of thiazole rings is 1. The van der Waals surface area contributed by atoms with Crippen molar-refractivity contribution < 1.29 is 8.42 Å². The second kappa shape index (κ2) is 5.61. The molecule has 0 aliphatic carbocycles. The van der Waals surface area contributed by atoms with Crippen molar-refractivity contribution >= 4 is 21.2 Å². The lowest BCUT2D eigenvalue weighted by Gasteiger charge is -2.17. The fraction of sp³-hybridized carbons (Fsp3) is 0.429. The Balaban J connectivity index is 2.15. The van der Waals surface area contributed by atoms with Gasteiger partial charge in [-0.25, -0.2) is 13.4 Å². The van der Waals surface area contributed by atoms with Gasteiger partial charge in [0.2, 0.25) is 0 Å². The first-order valence-corrected chi connectivity index (χ1v) is 9.02. The van der Waals surface area contributed by atoms with Crippen LogP contribution in [-0.4, -0.2) is 24.1 Å². The van der Waals surface area contributed by atoms with E-state index in [1.165, 1.54) is 11.3 Å². The molecule has 2 heterocycles. The molecule has 2 rings (SSSR count). The second-order valence-corrected chi connectivity index (χ2v) is 8.87. The average Bonchev–Trinajstić information content (AvgIpc) is 2.74. The van der Waals surface area contributed by atoms with Gasteiger partial charge in [0.15, 0.2) is 9.84 Å². The van der Waals surface area contributed by atoms with Crippen molar-refractivity contribution in [3.05, 3.63) is 35.5 Å². The van der Waals surface area contributed by atoms with E-state index in [-0.39, 0.29) is 16.9 Å². The Hall–Kier alpha value is -1.27. The fourth-order valence-corrected chi connectivity index (χ4v) is 4.84. The number of aromatic nitrogens is 2. The van der Waals surface area contributed by atoms with E-state index >= 15 is 0 Å². The lowest BCUT2D eigenvalue weighted by Crippen LogP contribution is -2.22. The lowest BCUT2D eigenvalue weighted by atomic mass is 10.0. The molecule has 0 amide bonds. The largest absolute Gasteiger partial charge is 0.254 e. The van der Waals surface area contributed by atoms with Crippen LogP contribution in [0, 0.1) is 5.41 Å². The van der Waals surface area contributed by atoms with Crippen molar-refractivity contribution in [3.8, 4) is 10.7 Å². The first-order valence-electron chi connectivity index (χ1n) is 6.31. The van der Waals surface area contributed by atoms with Crippen LogP contribution in [0.4, 0.5) is 0 Å². The Morgan fingerprint density at radius 2 is 2.00 bits per heavy atom. The van der Waals surface area contributed by atoms with Crippen molar-refractivity contribution in [2.24, 2.45) is 5.41 Å². The summed E-state index contributed by atoms with van der Waals surface area (Å²) in [5, 5.41) is 2.55. The van der Waals surface area contributed by atoms with Crippen molar-refractivity contribution in [2.45, 2.75) is 26.5 Å². The Bertz CT molecular complexity index is 671. The molecule has 0 bridgehead atoms. The summed E-state index contributed by atoms with van der Waals surface area (Å²) in [6.45, 7) is 5.76. The number of rotatable bonds is 4. The molecule has 0 saturated carbocycles. The lowest BCUT2D eigenvalue weighted by molar-refractivity contribution is 0.461. The molecule has 6 heteroatoms. The predicted octanol–water partition coefficient (Wildman–Crippen LogP) is 3.17. The molecule has 2 aromatic heterocycles. The molecule has 2 aromatic rings. The van der Waals surface area contributed by atoms with Gasteiger partial charge in [-0.15, -0.1) is 11.3 Å². The first-order chi connectivity index (χ1) is 9.25. The summed E-state index contributed by atoms with van der Waals surface area (Å²) in [5.41, 5.74) is 1.13. The zero-order valence-corrected chi connectivity index (χ0v) is 13.5. The van der Waals surface area contributed by atoms with Crippen LogP contribution in [0.15, 0.2) is 29.8 Å². The summed E-state index contributed by atoms with van der Waals surface area (Å²) >= 11 is 1.42. The van der Waals surface area contributed by atoms with E-state index in [4.69, 9.17) is 0 Å². The number of nitrogens with zero attached hydrogens (tertiary/aromatic N) is 2. The van der Waals surface area contributed by atoms with Gasteiger partial charge in [-0.1, -0.05) is 26.8 Å². The standard InChI is InChI=1S/C14H18N2O2S2/c1-14(2,3)10-20(17,18)9-11-8-19-13(16-11)12-6-4-5-7-15-12/h4-8H,9-10H2,1-3H3. The molecule has 0 fully saturated rings. The summed E-state index contributed by atoms with van der Waals surface area (Å²) in [4.78, 5) is 8.59. The molecule has 0 N–H and O–H groups in total. The second-order valence-electron chi connectivity index (χ2n) is 5.95. The average molecular weight is 310 g/mol. The van der Waals surface area contributed by atoms with E-state index in [1.54, 1.807) is 11.6 Å². The van der Waals surface area contributed by atoms with E-state index in [0.29, 0.717) is 5.69 Å². The van der Waals surface area contributed by atoms with Crippen LogP contribution in [0.5, 0.6) is 0 Å². The van der Waals surface area contributed by atoms with Crippen LogP contribution in [0.3, 0.4) is 0 Å². The van der Waals surface area contributed by atoms with E-state index in [9.17, 15) is 8.42 Å². The fourth-order valence-electron chi connectivity index (χ4n) is 1.92. The van der Waals surface area contributed by atoms with Gasteiger partial charge in [0.1, 0.15) is 5.01 Å². The van der Waals surface area contributed by atoms with Gasteiger partial charge in [0, 0.05) is 11.6 Å². The molecular weight excluding hydrogens is 292 g/mol. The minimum Gasteiger partial charge on any atom is -0.254 e. The third-order valence-corrected chi connectivity index (χ3v) is 5.41. The van der Waals surface area contributed by atoms with Crippen LogP contribution < -0.4 is 0 Å². The molecule has 20 heavy (non-hydrogen) atoms. The molecule has 0 aromatic carbocycles. The van der Waals surface area contributed by atoms with Crippen LogP contribution in [0.25, 0.3) is 10.7 Å². The summed E-state index contributed by atoms with van der Waals surface area (Å²) in [5.74, 6) is 0.157. The van der Waals surface area contributed by atoms with Crippen molar-refractivity contribution in [3.63, 3.8) is 0 Å². The molecule has 0 aliphatic heterocycles. The zero-order valence-electron chi connectivity index (χ0n) is 11.8. The third kappa shape index (κ3) is 4.38. The maximum absolute atomic E-state index is 12.1. The van der Waals surface area contributed by atoms with Gasteiger partial charge in [-0.2, -0.15) is 0 Å². The highest BCUT2D eigenvalue weighted by atomic mass is 32.2. The van der Waals surface area contributed by atoms with Gasteiger partial charge >= 0.3 is 0 Å². The van der Waals surface area contributed by atoms with E-state index in [0.717, 1.165) is 10.7 Å². The summed E-state index contributed by atoms with van der Waals surface area (Å²) in [6.07, 6.45) is 1.70. The SMILES string of the molecule is CC(C)(C)CS(=O)(=O)Cc1csc(-c2ccccn2)n1. The zero-order chi connectivity index (χ0) is 14.8. The minimum atomic E-state index is -3.14. The van der Waals surface area contributed by atoms with E-state index in [2.05, 4.69) is 9.97 Å². The highest BCUT2D eigenvalue weighted by Gasteiger charge is 2.23. The van der Waals surface area contributed by atoms with Gasteiger partial charge in [-0.05, 0) is 17.5 Å². The molecule has 0 aliphatic rings. The molecule has 0 radical (unpaired) electrons. The number of hydrogen-bond donors (Lipinski definition) is 0. The van der Waals surface area contributed by atoms with Gasteiger partial charge in [0.25, 0.3) is 0 Å². The van der Waals surface area contributed by atoms with Crippen LogP contribution >= 0.6 is 11.3 Å². The molecule has 0 atom stereocenters. The van der Waals surface area contributed by atoms with E-state index < -0.39 is 9.84 Å². The number of hydrogen-bond acceptors (Lipinski definition) is 5. The maximum atomic E-state index is 12.1. The quantitative estimate of drug-likeness (QED) is 0.870. The van der Waals surface area contributed by atoms with Crippen molar-refractivity contribution in [1.29, 1.82) is 0 Å². The number of sulfone groups is 1. The number of pyridine rings is 1. The Morgan fingerprint density at radius 1 is 1.25 bits per heavy atom. The summed E-state index contributed by atoms with van der Waals surface area (Å²) in [6, 6.07) is 5.60. The van der Waals surface area contributed by atoms with Gasteiger partial charge < -0.3 is 0 Å². The summed E-state index contributed by atoms with van der Waals surface area (Å²) < 4.78 is 24.2. The molecule has 0 saturated heterocycles. The van der Waals surface area contributed by atoms with Crippen LogP contribution in [-0.2, 0) is 15.6 Å². The van der Waals surface area contributed by atoms with Crippen LogP contribution in [0.2, 0.25) is 0 Å². The highest BCUT2D eigenvalue weighted by molar-refractivity contribution is 7.90. The van der Waals surface area contributed by atoms with E-state index in [1.807, 2.05) is 39.0 Å². The predicted molar refractivity (Wildman–Crippen MR) is 82.3 cm³/mol. The Morgan fingerprint density at radius 3 is 2.60 bits per heavy atom. The molecular formula is C14H18N2O2S2. The van der Waals surface area contributed by atoms with Gasteiger partial charge in [-0.3, -0.25) is 4.98 Å². The highest BCUT2D eigenvalue weighted by Crippen LogP contribution is 2.24. The third-order valence-electron chi connectivity index (χ3n) is 2.46. The topological polar surface area (TPSA) is 59.9 Å². The van der Waals surface area contributed by atoms with Crippen molar-refractivity contribution in [2.75, 3.05) is 5.75 Å². The monoisotopic (exact) mass is 310 g/mol. The Labute approximate surface area is 123 Å². The normalized spacial score (nSPS) is 12.6. The van der Waals surface area contributed by atoms with Crippen molar-refractivity contribution in [1.82, 2.24) is 9.97 Å². The molecule has 108 valence electrons. The summed E-state index contributed by atoms with van der Waals surface area (Å²) in [7, 11) is -3.14.